The highest BCUT2D eigenvalue weighted by Crippen LogP contribution is 2.26. The molecule has 2 saturated heterocycles. The van der Waals surface area contributed by atoms with Crippen molar-refractivity contribution in [1.82, 2.24) is 9.21 Å². The first-order valence-electron chi connectivity index (χ1n) is 8.82. The fourth-order valence-electron chi connectivity index (χ4n) is 3.63. The second kappa shape index (κ2) is 7.59. The summed E-state index contributed by atoms with van der Waals surface area (Å²) in [5.74, 6) is 2.84. The van der Waals surface area contributed by atoms with Crippen molar-refractivity contribution in [2.75, 3.05) is 26.2 Å². The molecule has 5 nitrogen and oxygen atoms in total. The molecule has 0 saturated carbocycles. The van der Waals surface area contributed by atoms with Gasteiger partial charge >= 0.3 is 0 Å². The number of amides is 1. The standard InChI is InChI=1S/C19H24N2O3S/c1-2-16-10-13-20(14-11-16)19(22)17-7-6-12-21(15-17)25(23,24)18-8-4-3-5-9-18/h1,3-5,8-9,16-17H,6-7,10-15H2. The Kier molecular flexibility index (Phi) is 5.45. The van der Waals surface area contributed by atoms with E-state index in [4.69, 9.17) is 6.42 Å². The molecule has 0 bridgehead atoms. The molecule has 3 rings (SSSR count). The van der Waals surface area contributed by atoms with Gasteiger partial charge < -0.3 is 4.90 Å². The van der Waals surface area contributed by atoms with Crippen molar-refractivity contribution < 1.29 is 13.2 Å². The van der Waals surface area contributed by atoms with Crippen LogP contribution in [0.3, 0.4) is 0 Å². The monoisotopic (exact) mass is 360 g/mol. The molecule has 1 aromatic rings. The van der Waals surface area contributed by atoms with Crippen molar-refractivity contribution in [2.24, 2.45) is 11.8 Å². The van der Waals surface area contributed by atoms with Crippen LogP contribution in [0, 0.1) is 24.2 Å². The Bertz CT molecular complexity index is 747. The van der Waals surface area contributed by atoms with Crippen molar-refractivity contribution in [1.29, 1.82) is 0 Å². The van der Waals surface area contributed by atoms with E-state index in [9.17, 15) is 13.2 Å². The Morgan fingerprint density at radius 3 is 2.40 bits per heavy atom. The zero-order valence-corrected chi connectivity index (χ0v) is 15.1. The minimum absolute atomic E-state index is 0.0726. The van der Waals surface area contributed by atoms with Crippen LogP contribution >= 0.6 is 0 Å². The number of nitrogens with zero attached hydrogens (tertiary/aromatic N) is 2. The third-order valence-electron chi connectivity index (χ3n) is 5.16. The first kappa shape index (κ1) is 18.0. The summed E-state index contributed by atoms with van der Waals surface area (Å²) in [6.45, 7) is 2.09. The van der Waals surface area contributed by atoms with Crippen LogP contribution in [0.4, 0.5) is 0 Å². The highest BCUT2D eigenvalue weighted by Gasteiger charge is 2.35. The Hall–Kier alpha value is -1.84. The number of carbonyl (C=O) groups is 1. The third-order valence-corrected chi connectivity index (χ3v) is 7.04. The maximum Gasteiger partial charge on any atom is 0.243 e. The second-order valence-electron chi connectivity index (χ2n) is 6.78. The van der Waals surface area contributed by atoms with Crippen LogP contribution in [0.2, 0.25) is 0 Å². The topological polar surface area (TPSA) is 57.7 Å². The van der Waals surface area contributed by atoms with E-state index in [1.165, 1.54) is 4.31 Å². The van der Waals surface area contributed by atoms with Crippen LogP contribution in [0.1, 0.15) is 25.7 Å². The average Bonchev–Trinajstić information content (AvgIpc) is 2.68. The fraction of sp³-hybridized carbons (Fsp3) is 0.526. The third kappa shape index (κ3) is 3.88. The maximum absolute atomic E-state index is 12.8. The van der Waals surface area contributed by atoms with E-state index in [-0.39, 0.29) is 29.2 Å². The van der Waals surface area contributed by atoms with Gasteiger partial charge in [-0.15, -0.1) is 12.3 Å². The van der Waals surface area contributed by atoms with E-state index in [1.807, 2.05) is 4.90 Å². The Labute approximate surface area is 150 Å². The quantitative estimate of drug-likeness (QED) is 0.774. The molecule has 1 amide bonds. The number of benzene rings is 1. The van der Waals surface area contributed by atoms with Gasteiger partial charge in [0, 0.05) is 32.1 Å². The molecule has 2 aliphatic rings. The number of hydrogen-bond acceptors (Lipinski definition) is 3. The Morgan fingerprint density at radius 1 is 1.08 bits per heavy atom. The van der Waals surface area contributed by atoms with E-state index in [1.54, 1.807) is 30.3 Å². The second-order valence-corrected chi connectivity index (χ2v) is 8.72. The van der Waals surface area contributed by atoms with Crippen LogP contribution in [-0.2, 0) is 14.8 Å². The zero-order chi connectivity index (χ0) is 17.9. The molecule has 0 aromatic heterocycles. The summed E-state index contributed by atoms with van der Waals surface area (Å²) in [6.07, 6.45) is 8.59. The number of sulfonamides is 1. The summed E-state index contributed by atoms with van der Waals surface area (Å²) in [5, 5.41) is 0. The SMILES string of the molecule is C#CC1CCN(C(=O)C2CCCN(S(=O)(=O)c3ccccc3)C2)CC1. The normalized spacial score (nSPS) is 23.2. The summed E-state index contributed by atoms with van der Waals surface area (Å²) < 4.78 is 27.0. The molecule has 2 heterocycles. The highest BCUT2D eigenvalue weighted by molar-refractivity contribution is 7.89. The Balaban J connectivity index is 1.67. The molecule has 2 fully saturated rings. The zero-order valence-electron chi connectivity index (χ0n) is 14.3. The van der Waals surface area contributed by atoms with Crippen molar-refractivity contribution in [2.45, 2.75) is 30.6 Å². The lowest BCUT2D eigenvalue weighted by Gasteiger charge is -2.36. The molecular formula is C19H24N2O3S. The van der Waals surface area contributed by atoms with Crippen LogP contribution in [-0.4, -0.2) is 49.7 Å². The molecule has 1 atom stereocenters. The summed E-state index contributed by atoms with van der Waals surface area (Å²) in [6, 6.07) is 8.43. The number of hydrogen-bond donors (Lipinski definition) is 0. The molecule has 1 unspecified atom stereocenters. The van der Waals surface area contributed by atoms with Gasteiger partial charge in [0.1, 0.15) is 0 Å². The fourth-order valence-corrected chi connectivity index (χ4v) is 5.17. The summed E-state index contributed by atoms with van der Waals surface area (Å²) in [5.41, 5.74) is 0. The van der Waals surface area contributed by atoms with Gasteiger partial charge in [-0.2, -0.15) is 4.31 Å². The van der Waals surface area contributed by atoms with Crippen molar-refractivity contribution in [3.63, 3.8) is 0 Å². The summed E-state index contributed by atoms with van der Waals surface area (Å²) in [4.78, 5) is 15.0. The molecule has 0 aliphatic carbocycles. The van der Waals surface area contributed by atoms with Gasteiger partial charge in [-0.1, -0.05) is 18.2 Å². The van der Waals surface area contributed by atoms with E-state index in [2.05, 4.69) is 5.92 Å². The molecule has 2 aliphatic heterocycles. The van der Waals surface area contributed by atoms with Gasteiger partial charge in [0.05, 0.1) is 10.8 Å². The first-order valence-corrected chi connectivity index (χ1v) is 10.3. The lowest BCUT2D eigenvalue weighted by Crippen LogP contribution is -2.48. The molecule has 0 N–H and O–H groups in total. The van der Waals surface area contributed by atoms with Crippen LogP contribution in [0.25, 0.3) is 0 Å². The summed E-state index contributed by atoms with van der Waals surface area (Å²) >= 11 is 0. The molecule has 0 spiro atoms. The minimum atomic E-state index is -3.54. The number of rotatable bonds is 3. The van der Waals surface area contributed by atoms with E-state index < -0.39 is 10.0 Å². The molecule has 1 aromatic carbocycles. The lowest BCUT2D eigenvalue weighted by molar-refractivity contribution is -0.137. The minimum Gasteiger partial charge on any atom is -0.342 e. The van der Waals surface area contributed by atoms with Gasteiger partial charge in [-0.3, -0.25) is 4.79 Å². The van der Waals surface area contributed by atoms with Gasteiger partial charge in [0.15, 0.2) is 0 Å². The largest absolute Gasteiger partial charge is 0.342 e. The summed E-state index contributed by atoms with van der Waals surface area (Å²) in [7, 11) is -3.54. The number of piperidine rings is 2. The van der Waals surface area contributed by atoms with E-state index in [0.29, 0.717) is 26.1 Å². The van der Waals surface area contributed by atoms with Crippen LogP contribution < -0.4 is 0 Å². The first-order chi connectivity index (χ1) is 12.0. The number of carbonyl (C=O) groups excluding carboxylic acids is 1. The maximum atomic E-state index is 12.8. The van der Waals surface area contributed by atoms with E-state index in [0.717, 1.165) is 19.3 Å². The molecule has 134 valence electrons. The molecular weight excluding hydrogens is 336 g/mol. The van der Waals surface area contributed by atoms with Gasteiger partial charge in [-0.05, 0) is 37.8 Å². The van der Waals surface area contributed by atoms with Gasteiger partial charge in [0.2, 0.25) is 15.9 Å². The molecule has 0 radical (unpaired) electrons. The van der Waals surface area contributed by atoms with Crippen LogP contribution in [0.15, 0.2) is 35.2 Å². The van der Waals surface area contributed by atoms with Gasteiger partial charge in [-0.25, -0.2) is 8.42 Å². The smallest absolute Gasteiger partial charge is 0.243 e. The van der Waals surface area contributed by atoms with Crippen molar-refractivity contribution in [3.8, 4) is 12.3 Å². The average molecular weight is 360 g/mol. The highest BCUT2D eigenvalue weighted by atomic mass is 32.2. The number of likely N-dealkylation sites (tertiary alicyclic amines) is 1. The lowest BCUT2D eigenvalue weighted by atomic mass is 9.94. The van der Waals surface area contributed by atoms with E-state index >= 15 is 0 Å². The predicted molar refractivity (Wildman–Crippen MR) is 96.1 cm³/mol. The predicted octanol–water partition coefficient (Wildman–Crippen LogP) is 1.96. The van der Waals surface area contributed by atoms with Crippen LogP contribution in [0.5, 0.6) is 0 Å². The molecule has 6 heteroatoms. The Morgan fingerprint density at radius 2 is 1.76 bits per heavy atom. The van der Waals surface area contributed by atoms with Gasteiger partial charge in [0.25, 0.3) is 0 Å². The molecule has 25 heavy (non-hydrogen) atoms. The van der Waals surface area contributed by atoms with Crippen molar-refractivity contribution in [3.05, 3.63) is 30.3 Å². The number of terminal acetylenes is 1. The van der Waals surface area contributed by atoms with Crippen molar-refractivity contribution >= 4 is 15.9 Å².